The van der Waals surface area contributed by atoms with Crippen molar-refractivity contribution >= 4 is 0 Å². The molecule has 1 aliphatic heterocycles. The molecule has 1 unspecified atom stereocenters. The van der Waals surface area contributed by atoms with Crippen LogP contribution < -0.4 is 5.32 Å². The fourth-order valence-electron chi connectivity index (χ4n) is 2.48. The van der Waals surface area contributed by atoms with E-state index in [1.807, 2.05) is 0 Å². The molecule has 1 N–H and O–H groups in total. The van der Waals surface area contributed by atoms with Crippen LogP contribution in [-0.4, -0.2) is 87.2 Å². The second kappa shape index (κ2) is 8.90. The lowest BCUT2D eigenvalue weighted by Gasteiger charge is -2.38. The molecule has 1 saturated heterocycles. The molecule has 0 saturated carbocycles. The Labute approximate surface area is 120 Å². The molecule has 0 aliphatic carbocycles. The summed E-state index contributed by atoms with van der Waals surface area (Å²) in [6, 6.07) is 0.662. The minimum atomic E-state index is 0.662. The topological polar surface area (TPSA) is 21.8 Å². The maximum absolute atomic E-state index is 3.57. The van der Waals surface area contributed by atoms with Gasteiger partial charge in [-0.15, -0.1) is 0 Å². The number of hydrogen-bond acceptors (Lipinski definition) is 4. The van der Waals surface area contributed by atoms with Crippen LogP contribution in [0, 0.1) is 5.92 Å². The Bertz CT molecular complexity index is 222. The number of hydrogen-bond donors (Lipinski definition) is 1. The van der Waals surface area contributed by atoms with Gasteiger partial charge in [0.25, 0.3) is 0 Å². The molecule has 4 nitrogen and oxygen atoms in total. The van der Waals surface area contributed by atoms with Crippen molar-refractivity contribution in [2.75, 3.05) is 66.5 Å². The lowest BCUT2D eigenvalue weighted by molar-refractivity contribution is 0.0968. The summed E-state index contributed by atoms with van der Waals surface area (Å²) in [5, 5.41) is 3.57. The molecule has 4 heteroatoms. The zero-order chi connectivity index (χ0) is 14.3. The van der Waals surface area contributed by atoms with Crippen molar-refractivity contribution in [3.05, 3.63) is 0 Å². The Balaban J connectivity index is 2.14. The summed E-state index contributed by atoms with van der Waals surface area (Å²) in [6.45, 7) is 16.4. The lowest BCUT2D eigenvalue weighted by atomic mass is 10.2. The average Bonchev–Trinajstić information content (AvgIpc) is 2.36. The molecular formula is C15H34N4. The van der Waals surface area contributed by atoms with Gasteiger partial charge in [-0.3, -0.25) is 9.80 Å². The molecule has 0 aromatic heterocycles. The Hall–Kier alpha value is -0.160. The molecule has 0 aromatic carbocycles. The van der Waals surface area contributed by atoms with Crippen LogP contribution in [0.15, 0.2) is 0 Å². The third-order valence-corrected chi connectivity index (χ3v) is 3.89. The molecule has 1 heterocycles. The SMILES string of the molecule is CC(C)CNCC(C)N1CCN(CCN(C)C)CC1. The van der Waals surface area contributed by atoms with Gasteiger partial charge in [0, 0.05) is 51.9 Å². The predicted octanol–water partition coefficient (Wildman–Crippen LogP) is 0.800. The van der Waals surface area contributed by atoms with Gasteiger partial charge in [-0.05, 0) is 33.5 Å². The van der Waals surface area contributed by atoms with Gasteiger partial charge in [0.05, 0.1) is 0 Å². The highest BCUT2D eigenvalue weighted by molar-refractivity contribution is 4.77. The van der Waals surface area contributed by atoms with Crippen LogP contribution in [0.3, 0.4) is 0 Å². The fraction of sp³-hybridized carbons (Fsp3) is 1.00. The monoisotopic (exact) mass is 270 g/mol. The van der Waals surface area contributed by atoms with E-state index in [9.17, 15) is 0 Å². The van der Waals surface area contributed by atoms with E-state index in [0.29, 0.717) is 6.04 Å². The number of nitrogens with zero attached hydrogens (tertiary/aromatic N) is 3. The van der Waals surface area contributed by atoms with Gasteiger partial charge in [0.1, 0.15) is 0 Å². The quantitative estimate of drug-likeness (QED) is 0.704. The molecule has 0 bridgehead atoms. The van der Waals surface area contributed by atoms with Gasteiger partial charge >= 0.3 is 0 Å². The zero-order valence-electron chi connectivity index (χ0n) is 13.7. The van der Waals surface area contributed by atoms with E-state index in [4.69, 9.17) is 0 Å². The molecule has 0 spiro atoms. The number of rotatable bonds is 8. The highest BCUT2D eigenvalue weighted by Crippen LogP contribution is 2.06. The van der Waals surface area contributed by atoms with E-state index >= 15 is 0 Å². The average molecular weight is 270 g/mol. The molecule has 1 aliphatic rings. The summed E-state index contributed by atoms with van der Waals surface area (Å²) in [5.41, 5.74) is 0. The van der Waals surface area contributed by atoms with Crippen LogP contribution in [-0.2, 0) is 0 Å². The largest absolute Gasteiger partial charge is 0.315 e. The second-order valence-corrected chi connectivity index (χ2v) is 6.58. The molecule has 1 atom stereocenters. The normalized spacial score (nSPS) is 20.4. The van der Waals surface area contributed by atoms with Crippen LogP contribution in [0.4, 0.5) is 0 Å². The summed E-state index contributed by atoms with van der Waals surface area (Å²) in [4.78, 5) is 7.48. The molecule has 0 aromatic rings. The first-order valence-corrected chi connectivity index (χ1v) is 7.81. The molecule has 1 fully saturated rings. The van der Waals surface area contributed by atoms with E-state index < -0.39 is 0 Å². The summed E-state index contributed by atoms with van der Waals surface area (Å²) in [6.07, 6.45) is 0. The first kappa shape index (κ1) is 16.9. The van der Waals surface area contributed by atoms with Gasteiger partial charge in [-0.2, -0.15) is 0 Å². The third-order valence-electron chi connectivity index (χ3n) is 3.89. The van der Waals surface area contributed by atoms with E-state index in [1.165, 1.54) is 39.3 Å². The van der Waals surface area contributed by atoms with Crippen molar-refractivity contribution < 1.29 is 0 Å². The zero-order valence-corrected chi connectivity index (χ0v) is 13.7. The molecule has 114 valence electrons. The van der Waals surface area contributed by atoms with Crippen LogP contribution in [0.2, 0.25) is 0 Å². The molecule has 0 amide bonds. The highest BCUT2D eigenvalue weighted by Gasteiger charge is 2.20. The van der Waals surface area contributed by atoms with Crippen molar-refractivity contribution in [2.24, 2.45) is 5.92 Å². The standard InChI is InChI=1S/C15H34N4/c1-14(2)12-16-13-15(3)19-10-8-18(9-11-19)7-6-17(4)5/h14-16H,6-13H2,1-5H3. The number of likely N-dealkylation sites (N-methyl/N-ethyl adjacent to an activating group) is 1. The molecule has 0 radical (unpaired) electrons. The summed E-state index contributed by atoms with van der Waals surface area (Å²) in [7, 11) is 4.30. The van der Waals surface area contributed by atoms with Crippen molar-refractivity contribution in [3.8, 4) is 0 Å². The molecular weight excluding hydrogens is 236 g/mol. The van der Waals surface area contributed by atoms with E-state index in [-0.39, 0.29) is 0 Å². The first-order valence-electron chi connectivity index (χ1n) is 7.81. The summed E-state index contributed by atoms with van der Waals surface area (Å²) >= 11 is 0. The predicted molar refractivity (Wildman–Crippen MR) is 83.7 cm³/mol. The Morgan fingerprint density at radius 3 is 2.16 bits per heavy atom. The van der Waals surface area contributed by atoms with Crippen molar-refractivity contribution in [1.82, 2.24) is 20.0 Å². The van der Waals surface area contributed by atoms with Crippen LogP contribution in [0.5, 0.6) is 0 Å². The minimum absolute atomic E-state index is 0.662. The van der Waals surface area contributed by atoms with E-state index in [2.05, 4.69) is 54.9 Å². The van der Waals surface area contributed by atoms with Crippen LogP contribution in [0.1, 0.15) is 20.8 Å². The van der Waals surface area contributed by atoms with Gasteiger partial charge in [0.2, 0.25) is 0 Å². The van der Waals surface area contributed by atoms with Crippen LogP contribution >= 0.6 is 0 Å². The lowest BCUT2D eigenvalue weighted by Crippen LogP contribution is -2.52. The highest BCUT2D eigenvalue weighted by atomic mass is 15.3. The van der Waals surface area contributed by atoms with Crippen molar-refractivity contribution in [3.63, 3.8) is 0 Å². The van der Waals surface area contributed by atoms with Gasteiger partial charge in [-0.1, -0.05) is 13.8 Å². The van der Waals surface area contributed by atoms with Crippen molar-refractivity contribution in [2.45, 2.75) is 26.8 Å². The van der Waals surface area contributed by atoms with E-state index in [0.717, 1.165) is 19.0 Å². The first-order chi connectivity index (χ1) is 8.99. The Kier molecular flexibility index (Phi) is 7.91. The van der Waals surface area contributed by atoms with Gasteiger partial charge < -0.3 is 10.2 Å². The number of piperazine rings is 1. The number of nitrogens with one attached hydrogen (secondary N) is 1. The van der Waals surface area contributed by atoms with E-state index in [1.54, 1.807) is 0 Å². The maximum atomic E-state index is 3.57. The maximum Gasteiger partial charge on any atom is 0.0193 e. The minimum Gasteiger partial charge on any atom is -0.315 e. The van der Waals surface area contributed by atoms with Crippen molar-refractivity contribution in [1.29, 1.82) is 0 Å². The molecule has 19 heavy (non-hydrogen) atoms. The smallest absolute Gasteiger partial charge is 0.0193 e. The third kappa shape index (κ3) is 7.25. The van der Waals surface area contributed by atoms with Crippen LogP contribution in [0.25, 0.3) is 0 Å². The Morgan fingerprint density at radius 1 is 1.00 bits per heavy atom. The fourth-order valence-corrected chi connectivity index (χ4v) is 2.48. The summed E-state index contributed by atoms with van der Waals surface area (Å²) < 4.78 is 0. The van der Waals surface area contributed by atoms with Gasteiger partial charge in [0.15, 0.2) is 0 Å². The molecule has 1 rings (SSSR count). The van der Waals surface area contributed by atoms with Gasteiger partial charge in [-0.25, -0.2) is 0 Å². The second-order valence-electron chi connectivity index (χ2n) is 6.58. The Morgan fingerprint density at radius 2 is 1.63 bits per heavy atom. The summed E-state index contributed by atoms with van der Waals surface area (Å²) in [5.74, 6) is 0.745.